The Bertz CT molecular complexity index is 508. The molecule has 6 heteroatoms. The van der Waals surface area contributed by atoms with Gasteiger partial charge in [0.05, 0.1) is 17.9 Å². The molecule has 0 fully saturated rings. The largest absolute Gasteiger partial charge is 0.397 e. The fraction of sp³-hybridized carbons (Fsp3) is 0.273. The number of nitrogens with zero attached hydrogens (tertiary/aromatic N) is 3. The number of aromatic nitrogens is 3. The van der Waals surface area contributed by atoms with Crippen LogP contribution in [0, 0.1) is 0 Å². The standard InChI is InChI=1S/C11H14ClN5/c1-2-17-7-15-16-11(17)6-14-10-5-8(12)3-4-9(10)13/h3-5,7,14H,2,6,13H2,1H3. The molecule has 1 aromatic carbocycles. The smallest absolute Gasteiger partial charge is 0.152 e. The highest BCUT2D eigenvalue weighted by Gasteiger charge is 2.04. The molecule has 0 aliphatic carbocycles. The summed E-state index contributed by atoms with van der Waals surface area (Å²) in [5, 5.41) is 11.7. The molecule has 90 valence electrons. The molecule has 0 saturated carbocycles. The van der Waals surface area contributed by atoms with Gasteiger partial charge >= 0.3 is 0 Å². The van der Waals surface area contributed by atoms with E-state index >= 15 is 0 Å². The van der Waals surface area contributed by atoms with Crippen LogP contribution >= 0.6 is 11.6 Å². The summed E-state index contributed by atoms with van der Waals surface area (Å²) in [6, 6.07) is 5.33. The average Bonchev–Trinajstić information content (AvgIpc) is 2.77. The Morgan fingerprint density at radius 1 is 1.47 bits per heavy atom. The minimum atomic E-state index is 0.568. The zero-order valence-electron chi connectivity index (χ0n) is 9.52. The third-order valence-corrected chi connectivity index (χ3v) is 2.72. The van der Waals surface area contributed by atoms with Gasteiger partial charge in [-0.25, -0.2) is 0 Å². The molecule has 0 aliphatic heterocycles. The van der Waals surface area contributed by atoms with Crippen LogP contribution in [-0.4, -0.2) is 14.8 Å². The molecule has 0 unspecified atom stereocenters. The van der Waals surface area contributed by atoms with Crippen LogP contribution < -0.4 is 11.1 Å². The van der Waals surface area contributed by atoms with E-state index in [0.29, 0.717) is 17.3 Å². The van der Waals surface area contributed by atoms with E-state index in [9.17, 15) is 0 Å². The van der Waals surface area contributed by atoms with Crippen molar-refractivity contribution in [1.82, 2.24) is 14.8 Å². The highest BCUT2D eigenvalue weighted by Crippen LogP contribution is 2.23. The van der Waals surface area contributed by atoms with Gasteiger partial charge in [-0.1, -0.05) is 11.6 Å². The molecule has 3 N–H and O–H groups in total. The van der Waals surface area contributed by atoms with Crippen molar-refractivity contribution >= 4 is 23.0 Å². The van der Waals surface area contributed by atoms with Crippen LogP contribution in [0.1, 0.15) is 12.7 Å². The van der Waals surface area contributed by atoms with Crippen molar-refractivity contribution in [2.24, 2.45) is 0 Å². The molecule has 0 amide bonds. The first-order valence-corrected chi connectivity index (χ1v) is 5.74. The zero-order chi connectivity index (χ0) is 12.3. The van der Waals surface area contributed by atoms with Gasteiger partial charge in [-0.3, -0.25) is 0 Å². The lowest BCUT2D eigenvalue weighted by Crippen LogP contribution is -2.08. The molecule has 1 aromatic heterocycles. The van der Waals surface area contributed by atoms with Crippen LogP contribution in [0.3, 0.4) is 0 Å². The number of hydrogen-bond donors (Lipinski definition) is 2. The van der Waals surface area contributed by atoms with Crippen LogP contribution in [0.15, 0.2) is 24.5 Å². The number of aryl methyl sites for hydroxylation is 1. The van der Waals surface area contributed by atoms with E-state index in [1.165, 1.54) is 0 Å². The maximum atomic E-state index is 5.91. The number of nitrogens with two attached hydrogens (primary N) is 1. The lowest BCUT2D eigenvalue weighted by atomic mass is 10.2. The molecule has 5 nitrogen and oxygen atoms in total. The van der Waals surface area contributed by atoms with E-state index < -0.39 is 0 Å². The third-order valence-electron chi connectivity index (χ3n) is 2.49. The number of halogens is 1. The number of nitrogen functional groups attached to an aromatic ring is 1. The predicted molar refractivity (Wildman–Crippen MR) is 68.9 cm³/mol. The monoisotopic (exact) mass is 251 g/mol. The molecule has 2 aromatic rings. The van der Waals surface area contributed by atoms with E-state index in [1.807, 2.05) is 11.5 Å². The van der Waals surface area contributed by atoms with Crippen molar-refractivity contribution in [3.8, 4) is 0 Å². The maximum absolute atomic E-state index is 5.91. The van der Waals surface area contributed by atoms with Crippen molar-refractivity contribution in [2.75, 3.05) is 11.1 Å². The summed E-state index contributed by atoms with van der Waals surface area (Å²) in [5.41, 5.74) is 7.31. The van der Waals surface area contributed by atoms with Crippen LogP contribution in [0.5, 0.6) is 0 Å². The van der Waals surface area contributed by atoms with E-state index in [2.05, 4.69) is 15.5 Å². The quantitative estimate of drug-likeness (QED) is 0.817. The first kappa shape index (κ1) is 11.7. The van der Waals surface area contributed by atoms with Gasteiger partial charge in [0.2, 0.25) is 0 Å². The summed E-state index contributed by atoms with van der Waals surface area (Å²) in [6.07, 6.45) is 1.71. The summed E-state index contributed by atoms with van der Waals surface area (Å²) in [5.74, 6) is 0.867. The van der Waals surface area contributed by atoms with Gasteiger partial charge in [0.25, 0.3) is 0 Å². The lowest BCUT2D eigenvalue weighted by molar-refractivity contribution is 0.708. The van der Waals surface area contributed by atoms with Crippen LogP contribution in [0.2, 0.25) is 5.02 Å². The van der Waals surface area contributed by atoms with Gasteiger partial charge < -0.3 is 15.6 Å². The number of hydrogen-bond acceptors (Lipinski definition) is 4. The van der Waals surface area contributed by atoms with E-state index in [4.69, 9.17) is 17.3 Å². The summed E-state index contributed by atoms with van der Waals surface area (Å²) >= 11 is 5.91. The SMILES string of the molecule is CCn1cnnc1CNc1cc(Cl)ccc1N. The normalized spacial score (nSPS) is 10.5. The molecule has 0 aliphatic rings. The molecule has 0 bridgehead atoms. The highest BCUT2D eigenvalue weighted by atomic mass is 35.5. The summed E-state index contributed by atoms with van der Waals surface area (Å²) in [7, 11) is 0. The van der Waals surface area contributed by atoms with Gasteiger partial charge in [0.1, 0.15) is 6.33 Å². The van der Waals surface area contributed by atoms with Crippen molar-refractivity contribution in [3.63, 3.8) is 0 Å². The maximum Gasteiger partial charge on any atom is 0.152 e. The number of anilines is 2. The van der Waals surface area contributed by atoms with E-state index in [-0.39, 0.29) is 0 Å². The molecule has 0 atom stereocenters. The fourth-order valence-corrected chi connectivity index (χ4v) is 1.71. The van der Waals surface area contributed by atoms with Crippen LogP contribution in [-0.2, 0) is 13.1 Å². The van der Waals surface area contributed by atoms with Gasteiger partial charge in [0, 0.05) is 11.6 Å². The summed E-state index contributed by atoms with van der Waals surface area (Å²) in [6.45, 7) is 3.45. The van der Waals surface area contributed by atoms with Gasteiger partial charge in [-0.2, -0.15) is 0 Å². The van der Waals surface area contributed by atoms with Gasteiger partial charge in [-0.15, -0.1) is 10.2 Å². The minimum Gasteiger partial charge on any atom is -0.397 e. The topological polar surface area (TPSA) is 68.8 Å². The number of rotatable bonds is 4. The van der Waals surface area contributed by atoms with Gasteiger partial charge in [-0.05, 0) is 25.1 Å². The highest BCUT2D eigenvalue weighted by molar-refractivity contribution is 6.31. The van der Waals surface area contributed by atoms with Crippen LogP contribution in [0.4, 0.5) is 11.4 Å². The Kier molecular flexibility index (Phi) is 3.49. The van der Waals surface area contributed by atoms with E-state index in [1.54, 1.807) is 24.5 Å². The Balaban J connectivity index is 2.09. The molecule has 1 heterocycles. The van der Waals surface area contributed by atoms with Crippen molar-refractivity contribution in [3.05, 3.63) is 35.4 Å². The second kappa shape index (κ2) is 5.05. The first-order valence-electron chi connectivity index (χ1n) is 5.36. The van der Waals surface area contributed by atoms with Crippen LogP contribution in [0.25, 0.3) is 0 Å². The second-order valence-corrected chi connectivity index (χ2v) is 4.05. The Morgan fingerprint density at radius 2 is 2.29 bits per heavy atom. The molecule has 2 rings (SSSR count). The Hall–Kier alpha value is -1.75. The zero-order valence-corrected chi connectivity index (χ0v) is 10.3. The van der Waals surface area contributed by atoms with Crippen molar-refractivity contribution < 1.29 is 0 Å². The number of nitrogens with one attached hydrogen (secondary N) is 1. The Morgan fingerprint density at radius 3 is 3.06 bits per heavy atom. The third kappa shape index (κ3) is 2.68. The molecular formula is C11H14ClN5. The number of benzene rings is 1. The predicted octanol–water partition coefficient (Wildman–Crippen LogP) is 2.15. The molecule has 0 spiro atoms. The fourth-order valence-electron chi connectivity index (χ4n) is 1.54. The summed E-state index contributed by atoms with van der Waals surface area (Å²) < 4.78 is 1.97. The lowest BCUT2D eigenvalue weighted by Gasteiger charge is -2.09. The van der Waals surface area contributed by atoms with Crippen molar-refractivity contribution in [1.29, 1.82) is 0 Å². The first-order chi connectivity index (χ1) is 8.20. The molecule has 0 radical (unpaired) electrons. The van der Waals surface area contributed by atoms with E-state index in [0.717, 1.165) is 18.1 Å². The second-order valence-electron chi connectivity index (χ2n) is 3.62. The molecular weight excluding hydrogens is 238 g/mol. The minimum absolute atomic E-state index is 0.568. The summed E-state index contributed by atoms with van der Waals surface area (Å²) in [4.78, 5) is 0. The van der Waals surface area contributed by atoms with Crippen molar-refractivity contribution in [2.45, 2.75) is 20.0 Å². The molecule has 0 saturated heterocycles. The molecule has 17 heavy (non-hydrogen) atoms. The average molecular weight is 252 g/mol. The Labute approximate surface area is 105 Å². The van der Waals surface area contributed by atoms with Gasteiger partial charge in [0.15, 0.2) is 5.82 Å².